The number of benzene rings is 1. The van der Waals surface area contributed by atoms with Crippen molar-refractivity contribution in [1.82, 2.24) is 5.32 Å². The molecule has 1 aliphatic rings. The van der Waals surface area contributed by atoms with Gasteiger partial charge >= 0.3 is 0 Å². The van der Waals surface area contributed by atoms with Crippen molar-refractivity contribution in [2.45, 2.75) is 32.6 Å². The van der Waals surface area contributed by atoms with Gasteiger partial charge in [0, 0.05) is 52.3 Å². The van der Waals surface area contributed by atoms with E-state index in [9.17, 15) is 14.0 Å². The first-order valence-corrected chi connectivity index (χ1v) is 5.67. The monoisotopic (exact) mass is 327 g/mol. The van der Waals surface area contributed by atoms with E-state index in [2.05, 4.69) is 11.4 Å². The summed E-state index contributed by atoms with van der Waals surface area (Å²) in [6.07, 6.45) is 0.625. The largest absolute Gasteiger partial charge is 0.296 e. The fraction of sp³-hybridized carbons (Fsp3) is 0.385. The van der Waals surface area contributed by atoms with Crippen molar-refractivity contribution >= 4 is 11.8 Å². The molecule has 18 heavy (non-hydrogen) atoms. The van der Waals surface area contributed by atoms with Gasteiger partial charge in [0.2, 0.25) is 11.8 Å². The number of carbonyl (C=O) groups is 2. The van der Waals surface area contributed by atoms with E-state index in [1.54, 1.807) is 6.07 Å². The van der Waals surface area contributed by atoms with Crippen LogP contribution >= 0.6 is 0 Å². The van der Waals surface area contributed by atoms with Crippen LogP contribution in [0.15, 0.2) is 18.2 Å². The van der Waals surface area contributed by atoms with Gasteiger partial charge in [0.15, 0.2) is 0 Å². The van der Waals surface area contributed by atoms with E-state index in [4.69, 9.17) is 0 Å². The zero-order valence-corrected chi connectivity index (χ0v) is 13.3. The molecular weight excluding hydrogens is 310 g/mol. The van der Waals surface area contributed by atoms with Crippen LogP contribution < -0.4 is 5.32 Å². The third-order valence-electron chi connectivity index (χ3n) is 2.46. The van der Waals surface area contributed by atoms with Crippen LogP contribution in [0.1, 0.15) is 39.6 Å². The van der Waals surface area contributed by atoms with Gasteiger partial charge in [-0.15, -0.1) is 11.6 Å². The van der Waals surface area contributed by atoms with Crippen LogP contribution in [0.25, 0.3) is 0 Å². The molecular formula is C13H17FNO2Y-. The first-order chi connectivity index (χ1) is 8.18. The Balaban J connectivity index is 0. The van der Waals surface area contributed by atoms with Crippen molar-refractivity contribution < 1.29 is 48.1 Å². The summed E-state index contributed by atoms with van der Waals surface area (Å²) in [5, 5.41) is 2.20. The molecule has 0 saturated carbocycles. The number of hydrogen-bond acceptors (Lipinski definition) is 2. The van der Waals surface area contributed by atoms with E-state index in [0.717, 1.165) is 0 Å². The van der Waals surface area contributed by atoms with E-state index in [0.29, 0.717) is 12.0 Å². The van der Waals surface area contributed by atoms with Crippen LogP contribution in [0, 0.1) is 11.9 Å². The Kier molecular flexibility index (Phi) is 8.20. The minimum absolute atomic E-state index is 0. The van der Waals surface area contributed by atoms with E-state index in [1.807, 2.05) is 13.8 Å². The number of piperidine rings is 1. The molecule has 1 aromatic carbocycles. The number of nitrogens with one attached hydrogen (secondary N) is 1. The third kappa shape index (κ3) is 4.25. The summed E-state index contributed by atoms with van der Waals surface area (Å²) in [4.78, 5) is 22.4. The minimum atomic E-state index is -0.558. The zero-order chi connectivity index (χ0) is 12.8. The molecule has 0 aromatic heterocycles. The first kappa shape index (κ1) is 17.4. The molecule has 2 amide bonds. The Labute approximate surface area is 133 Å². The van der Waals surface area contributed by atoms with Crippen molar-refractivity contribution in [1.29, 1.82) is 0 Å². The smallest absolute Gasteiger partial charge is 0.232 e. The number of amides is 2. The van der Waals surface area contributed by atoms with Gasteiger partial charge in [0.1, 0.15) is 0 Å². The van der Waals surface area contributed by atoms with Gasteiger partial charge in [-0.3, -0.25) is 19.3 Å². The van der Waals surface area contributed by atoms with Crippen LogP contribution in [0.5, 0.6) is 0 Å². The number of imide groups is 1. The Morgan fingerprint density at radius 1 is 1.44 bits per heavy atom. The molecule has 2 rings (SSSR count). The molecule has 0 aliphatic carbocycles. The Morgan fingerprint density at radius 3 is 2.67 bits per heavy atom. The van der Waals surface area contributed by atoms with Crippen molar-refractivity contribution in [2.75, 3.05) is 0 Å². The second-order valence-electron chi connectivity index (χ2n) is 3.45. The van der Waals surface area contributed by atoms with Gasteiger partial charge in [-0.25, -0.2) is 0 Å². The Hall–Kier alpha value is -0.606. The predicted molar refractivity (Wildman–Crippen MR) is 63.8 cm³/mol. The first-order valence-electron chi connectivity index (χ1n) is 5.67. The fourth-order valence-electron chi connectivity index (χ4n) is 1.69. The van der Waals surface area contributed by atoms with Crippen LogP contribution in [0.3, 0.4) is 0 Å². The van der Waals surface area contributed by atoms with Crippen LogP contribution in [0.4, 0.5) is 4.39 Å². The van der Waals surface area contributed by atoms with E-state index in [1.165, 1.54) is 12.1 Å². The SMILES string of the molecule is CC.O=C1CCC(c2cc[c-]cc2F)C(=O)N1.[HH].[Y]. The average molecular weight is 327 g/mol. The summed E-state index contributed by atoms with van der Waals surface area (Å²) in [6, 6.07) is 6.86. The molecule has 1 N–H and O–H groups in total. The molecule has 0 bridgehead atoms. The summed E-state index contributed by atoms with van der Waals surface area (Å²) in [5.41, 5.74) is 0.332. The van der Waals surface area contributed by atoms with Crippen molar-refractivity contribution in [3.8, 4) is 0 Å². The second-order valence-corrected chi connectivity index (χ2v) is 3.45. The maximum atomic E-state index is 13.3. The van der Waals surface area contributed by atoms with Gasteiger partial charge in [0.05, 0.1) is 0 Å². The average Bonchev–Trinajstić information content (AvgIpc) is 2.33. The normalized spacial score (nSPS) is 18.1. The van der Waals surface area contributed by atoms with E-state index in [-0.39, 0.29) is 46.5 Å². The topological polar surface area (TPSA) is 46.2 Å². The second kappa shape index (κ2) is 8.49. The van der Waals surface area contributed by atoms with Gasteiger partial charge in [-0.1, -0.05) is 13.8 Å². The van der Waals surface area contributed by atoms with Crippen molar-refractivity contribution in [3.05, 3.63) is 35.6 Å². The van der Waals surface area contributed by atoms with Gasteiger partial charge in [-0.05, 0) is 6.42 Å². The van der Waals surface area contributed by atoms with E-state index < -0.39 is 17.6 Å². The maximum absolute atomic E-state index is 13.3. The quantitative estimate of drug-likeness (QED) is 0.636. The predicted octanol–water partition coefficient (Wildman–Crippen LogP) is 2.42. The number of halogens is 1. The Morgan fingerprint density at radius 2 is 2.11 bits per heavy atom. The number of hydrogen-bond donors (Lipinski definition) is 1. The maximum Gasteiger partial charge on any atom is 0.232 e. The van der Waals surface area contributed by atoms with Gasteiger partial charge in [0.25, 0.3) is 0 Å². The molecule has 1 aromatic rings. The van der Waals surface area contributed by atoms with Crippen LogP contribution in [-0.2, 0) is 42.3 Å². The summed E-state index contributed by atoms with van der Waals surface area (Å²) < 4.78 is 13.3. The molecule has 1 unspecified atom stereocenters. The van der Waals surface area contributed by atoms with Crippen LogP contribution in [-0.4, -0.2) is 11.8 Å². The molecule has 1 aliphatic heterocycles. The molecule has 1 radical (unpaired) electrons. The fourth-order valence-corrected chi connectivity index (χ4v) is 1.69. The summed E-state index contributed by atoms with van der Waals surface area (Å²) in [6.45, 7) is 4.00. The summed E-state index contributed by atoms with van der Waals surface area (Å²) >= 11 is 0. The number of rotatable bonds is 1. The van der Waals surface area contributed by atoms with Crippen LogP contribution in [0.2, 0.25) is 0 Å². The summed E-state index contributed by atoms with van der Waals surface area (Å²) in [5.74, 6) is -1.72. The zero-order valence-electron chi connectivity index (χ0n) is 10.5. The summed E-state index contributed by atoms with van der Waals surface area (Å²) in [7, 11) is 0. The molecule has 1 heterocycles. The molecule has 5 heteroatoms. The third-order valence-corrected chi connectivity index (χ3v) is 2.46. The molecule has 1 fully saturated rings. The Bertz CT molecular complexity index is 429. The molecule has 1 saturated heterocycles. The molecule has 0 spiro atoms. The van der Waals surface area contributed by atoms with Crippen molar-refractivity contribution in [2.24, 2.45) is 0 Å². The number of carbonyl (C=O) groups excluding carboxylic acids is 2. The van der Waals surface area contributed by atoms with Crippen molar-refractivity contribution in [3.63, 3.8) is 0 Å². The van der Waals surface area contributed by atoms with E-state index >= 15 is 0 Å². The molecule has 1 atom stereocenters. The molecule has 3 nitrogen and oxygen atoms in total. The molecule has 97 valence electrons. The minimum Gasteiger partial charge on any atom is -0.296 e. The standard InChI is InChI=1S/C11H9FNO2.C2H6.Y.H2/c12-9-4-2-1-3-7(9)8-5-6-10(14)13-11(8)15;1-2;;/h1,3-4,8H,5-6H2,(H,13,14,15);1-2H3;;1H/q-1;;;. The van der Waals surface area contributed by atoms with Gasteiger partial charge < -0.3 is 0 Å². The van der Waals surface area contributed by atoms with Gasteiger partial charge in [-0.2, -0.15) is 18.2 Å².